The van der Waals surface area contributed by atoms with Crippen LogP contribution in [0.15, 0.2) is 18.2 Å². The van der Waals surface area contributed by atoms with Gasteiger partial charge in [0.1, 0.15) is 5.75 Å². The van der Waals surface area contributed by atoms with Crippen LogP contribution in [0.1, 0.15) is 25.5 Å². The Bertz CT molecular complexity index is 376. The van der Waals surface area contributed by atoms with E-state index in [0.29, 0.717) is 6.04 Å². The molecule has 3 heteroatoms. The van der Waals surface area contributed by atoms with E-state index in [4.69, 9.17) is 16.3 Å². The molecule has 0 amide bonds. The van der Waals surface area contributed by atoms with E-state index in [1.165, 1.54) is 0 Å². The van der Waals surface area contributed by atoms with Gasteiger partial charge in [0.05, 0.1) is 7.11 Å². The molecule has 1 aliphatic heterocycles. The van der Waals surface area contributed by atoms with Crippen LogP contribution in [0.5, 0.6) is 5.75 Å². The van der Waals surface area contributed by atoms with Crippen molar-refractivity contribution < 1.29 is 4.74 Å². The van der Waals surface area contributed by atoms with Gasteiger partial charge in [0.15, 0.2) is 0 Å². The molecule has 1 N–H and O–H groups in total. The highest BCUT2D eigenvalue weighted by Gasteiger charge is 2.39. The Morgan fingerprint density at radius 1 is 1.47 bits per heavy atom. The molecule has 0 aromatic heterocycles. The second kappa shape index (κ2) is 3.69. The maximum atomic E-state index is 6.22. The molecular weight excluding hydrogens is 210 g/mol. The molecule has 1 atom stereocenters. The van der Waals surface area contributed by atoms with Crippen molar-refractivity contribution in [3.05, 3.63) is 28.8 Å². The van der Waals surface area contributed by atoms with Crippen molar-refractivity contribution in [1.82, 2.24) is 5.32 Å². The summed E-state index contributed by atoms with van der Waals surface area (Å²) in [5, 5.41) is 4.18. The van der Waals surface area contributed by atoms with Gasteiger partial charge in [0.2, 0.25) is 0 Å². The zero-order valence-electron chi connectivity index (χ0n) is 9.30. The SMILES string of the molecule is COc1ccc(C2NCC2(C)C)c(Cl)c1. The molecule has 1 aromatic rings. The summed E-state index contributed by atoms with van der Waals surface area (Å²) in [5.41, 5.74) is 1.45. The summed E-state index contributed by atoms with van der Waals surface area (Å²) >= 11 is 6.22. The average Bonchev–Trinajstić information content (AvgIpc) is 2.19. The Morgan fingerprint density at radius 3 is 2.60 bits per heavy atom. The highest BCUT2D eigenvalue weighted by atomic mass is 35.5. The van der Waals surface area contributed by atoms with E-state index in [-0.39, 0.29) is 5.41 Å². The first-order valence-electron chi connectivity index (χ1n) is 5.11. The maximum Gasteiger partial charge on any atom is 0.120 e. The number of benzene rings is 1. The summed E-state index contributed by atoms with van der Waals surface area (Å²) in [4.78, 5) is 0. The first-order chi connectivity index (χ1) is 7.04. The minimum absolute atomic E-state index is 0.290. The predicted octanol–water partition coefficient (Wildman–Crippen LogP) is 3.02. The molecule has 2 nitrogen and oxygen atoms in total. The molecule has 1 heterocycles. The maximum absolute atomic E-state index is 6.22. The molecule has 0 bridgehead atoms. The van der Waals surface area contributed by atoms with E-state index in [9.17, 15) is 0 Å². The fraction of sp³-hybridized carbons (Fsp3) is 0.500. The standard InChI is InChI=1S/C12H16ClNO/c1-12(2)7-14-11(12)9-5-4-8(15-3)6-10(9)13/h4-6,11,14H,7H2,1-3H3. The molecule has 1 unspecified atom stereocenters. The van der Waals surface area contributed by atoms with E-state index >= 15 is 0 Å². The Kier molecular flexibility index (Phi) is 2.65. The van der Waals surface area contributed by atoms with Crippen molar-refractivity contribution in [2.45, 2.75) is 19.9 Å². The van der Waals surface area contributed by atoms with Gasteiger partial charge in [-0.1, -0.05) is 31.5 Å². The van der Waals surface area contributed by atoms with Gasteiger partial charge in [0.25, 0.3) is 0 Å². The van der Waals surface area contributed by atoms with Crippen molar-refractivity contribution in [3.63, 3.8) is 0 Å². The van der Waals surface area contributed by atoms with Gasteiger partial charge >= 0.3 is 0 Å². The lowest BCUT2D eigenvalue weighted by Crippen LogP contribution is -2.52. The number of halogens is 1. The van der Waals surface area contributed by atoms with Crippen LogP contribution in [-0.4, -0.2) is 13.7 Å². The second-order valence-corrected chi connectivity index (χ2v) is 5.10. The minimum atomic E-state index is 0.290. The Balaban J connectivity index is 2.30. The largest absolute Gasteiger partial charge is 0.497 e. The third kappa shape index (κ3) is 1.84. The number of methoxy groups -OCH3 is 1. The molecule has 1 aromatic carbocycles. The number of rotatable bonds is 2. The topological polar surface area (TPSA) is 21.3 Å². The average molecular weight is 226 g/mol. The Morgan fingerprint density at radius 2 is 2.20 bits per heavy atom. The van der Waals surface area contributed by atoms with E-state index in [0.717, 1.165) is 22.9 Å². The smallest absolute Gasteiger partial charge is 0.120 e. The lowest BCUT2D eigenvalue weighted by atomic mass is 9.74. The van der Waals surface area contributed by atoms with Crippen LogP contribution in [0.2, 0.25) is 5.02 Å². The van der Waals surface area contributed by atoms with Crippen LogP contribution in [0.3, 0.4) is 0 Å². The van der Waals surface area contributed by atoms with Crippen LogP contribution in [0.4, 0.5) is 0 Å². The van der Waals surface area contributed by atoms with Crippen LogP contribution in [0, 0.1) is 5.41 Å². The fourth-order valence-corrected chi connectivity index (χ4v) is 2.29. The number of hydrogen-bond donors (Lipinski definition) is 1. The minimum Gasteiger partial charge on any atom is -0.497 e. The molecule has 1 fully saturated rings. The summed E-state index contributed by atoms with van der Waals surface area (Å²) < 4.78 is 5.13. The quantitative estimate of drug-likeness (QED) is 0.836. The van der Waals surface area contributed by atoms with Crippen molar-refractivity contribution in [2.24, 2.45) is 5.41 Å². The summed E-state index contributed by atoms with van der Waals surface area (Å²) in [6.45, 7) is 5.53. The van der Waals surface area contributed by atoms with Crippen LogP contribution in [0.25, 0.3) is 0 Å². The van der Waals surface area contributed by atoms with Gasteiger partial charge in [-0.25, -0.2) is 0 Å². The Hall–Kier alpha value is -0.730. The zero-order valence-corrected chi connectivity index (χ0v) is 10.1. The van der Waals surface area contributed by atoms with Crippen molar-refractivity contribution >= 4 is 11.6 Å². The van der Waals surface area contributed by atoms with Gasteiger partial charge in [-0.05, 0) is 23.1 Å². The molecule has 1 aliphatic rings. The van der Waals surface area contributed by atoms with Crippen LogP contribution >= 0.6 is 11.6 Å². The van der Waals surface area contributed by atoms with Crippen molar-refractivity contribution in [1.29, 1.82) is 0 Å². The molecule has 0 aliphatic carbocycles. The summed E-state index contributed by atoms with van der Waals surface area (Å²) in [6, 6.07) is 6.22. The normalized spacial score (nSPS) is 23.3. The predicted molar refractivity (Wildman–Crippen MR) is 62.5 cm³/mol. The van der Waals surface area contributed by atoms with Gasteiger partial charge < -0.3 is 10.1 Å². The van der Waals surface area contributed by atoms with E-state index < -0.39 is 0 Å². The molecule has 1 saturated heterocycles. The molecule has 0 radical (unpaired) electrons. The molecule has 15 heavy (non-hydrogen) atoms. The van der Waals surface area contributed by atoms with E-state index in [2.05, 4.69) is 19.2 Å². The monoisotopic (exact) mass is 225 g/mol. The van der Waals surface area contributed by atoms with Crippen molar-refractivity contribution in [2.75, 3.05) is 13.7 Å². The van der Waals surface area contributed by atoms with Gasteiger partial charge in [-0.3, -0.25) is 0 Å². The zero-order chi connectivity index (χ0) is 11.1. The van der Waals surface area contributed by atoms with E-state index in [1.54, 1.807) is 7.11 Å². The third-order valence-electron chi connectivity index (χ3n) is 3.06. The van der Waals surface area contributed by atoms with Crippen LogP contribution in [-0.2, 0) is 0 Å². The molecule has 2 rings (SSSR count). The highest BCUT2D eigenvalue weighted by Crippen LogP contribution is 2.43. The second-order valence-electron chi connectivity index (χ2n) is 4.69. The summed E-state index contributed by atoms with van der Waals surface area (Å²) in [6.07, 6.45) is 0. The number of hydrogen-bond acceptors (Lipinski definition) is 2. The lowest BCUT2D eigenvalue weighted by molar-refractivity contribution is 0.128. The van der Waals surface area contributed by atoms with Crippen LogP contribution < -0.4 is 10.1 Å². The number of ether oxygens (including phenoxy) is 1. The summed E-state index contributed by atoms with van der Waals surface area (Å²) in [7, 11) is 1.65. The molecular formula is C12H16ClNO. The van der Waals surface area contributed by atoms with Gasteiger partial charge in [-0.15, -0.1) is 0 Å². The molecule has 0 spiro atoms. The van der Waals surface area contributed by atoms with E-state index in [1.807, 2.05) is 18.2 Å². The van der Waals surface area contributed by atoms with Crippen molar-refractivity contribution in [3.8, 4) is 5.75 Å². The Labute approximate surface area is 95.6 Å². The summed E-state index contributed by atoms with van der Waals surface area (Å²) in [5.74, 6) is 0.806. The lowest BCUT2D eigenvalue weighted by Gasteiger charge is -2.46. The molecule has 0 saturated carbocycles. The highest BCUT2D eigenvalue weighted by molar-refractivity contribution is 6.31. The fourth-order valence-electron chi connectivity index (χ4n) is 2.01. The van der Waals surface area contributed by atoms with Gasteiger partial charge in [-0.2, -0.15) is 0 Å². The first-order valence-corrected chi connectivity index (χ1v) is 5.49. The first kappa shape index (κ1) is 10.8. The number of nitrogens with one attached hydrogen (secondary N) is 1. The third-order valence-corrected chi connectivity index (χ3v) is 3.39. The molecule has 82 valence electrons. The van der Waals surface area contributed by atoms with Gasteiger partial charge in [0, 0.05) is 17.6 Å².